The molecule has 1 saturated heterocycles. The van der Waals surface area contributed by atoms with Crippen molar-refractivity contribution in [2.45, 2.75) is 56.8 Å². The van der Waals surface area contributed by atoms with Crippen LogP contribution in [0.5, 0.6) is 0 Å². The number of likely N-dealkylation sites (tertiary alicyclic amines) is 1. The third-order valence-corrected chi connectivity index (χ3v) is 6.92. The molecule has 1 aromatic carbocycles. The van der Waals surface area contributed by atoms with E-state index in [1.807, 2.05) is 12.1 Å². The summed E-state index contributed by atoms with van der Waals surface area (Å²) in [4.78, 5) is 44.5. The van der Waals surface area contributed by atoms with Crippen molar-refractivity contribution in [3.8, 4) is 0 Å². The van der Waals surface area contributed by atoms with Gasteiger partial charge in [-0.15, -0.1) is 0 Å². The van der Waals surface area contributed by atoms with Crippen LogP contribution in [0.1, 0.15) is 60.1 Å². The maximum atomic E-state index is 13.0. The van der Waals surface area contributed by atoms with Crippen molar-refractivity contribution in [3.05, 3.63) is 59.3 Å². The van der Waals surface area contributed by atoms with Gasteiger partial charge >= 0.3 is 0 Å². The molecule has 8 heteroatoms. The van der Waals surface area contributed by atoms with Gasteiger partial charge in [0.05, 0.1) is 11.6 Å². The first-order valence-electron chi connectivity index (χ1n) is 11.2. The van der Waals surface area contributed by atoms with Crippen molar-refractivity contribution < 1.29 is 14.4 Å². The van der Waals surface area contributed by atoms with Crippen LogP contribution >= 0.6 is 0 Å². The molecule has 0 radical (unpaired) electrons. The SMILES string of the molecule is CC(C(=O)NC1CCc2ccccc21)N1CCC2(CCC1=O)NC(=O)c1cccnc1N2. The van der Waals surface area contributed by atoms with E-state index in [9.17, 15) is 14.4 Å². The molecule has 1 aromatic heterocycles. The maximum Gasteiger partial charge on any atom is 0.256 e. The topological polar surface area (TPSA) is 103 Å². The molecule has 1 spiro atoms. The molecule has 0 bridgehead atoms. The van der Waals surface area contributed by atoms with E-state index < -0.39 is 11.7 Å². The van der Waals surface area contributed by atoms with Gasteiger partial charge in [-0.05, 0) is 49.4 Å². The lowest BCUT2D eigenvalue weighted by Gasteiger charge is -2.39. The van der Waals surface area contributed by atoms with E-state index >= 15 is 0 Å². The van der Waals surface area contributed by atoms with Gasteiger partial charge in [0.25, 0.3) is 5.91 Å². The number of aryl methyl sites for hydroxylation is 1. The second-order valence-electron chi connectivity index (χ2n) is 8.87. The summed E-state index contributed by atoms with van der Waals surface area (Å²) in [5, 5.41) is 9.51. The van der Waals surface area contributed by atoms with Crippen LogP contribution in [0.2, 0.25) is 0 Å². The molecule has 3 unspecified atom stereocenters. The zero-order valence-corrected chi connectivity index (χ0v) is 18.1. The fraction of sp³-hybridized carbons (Fsp3) is 0.417. The number of nitrogens with zero attached hydrogens (tertiary/aromatic N) is 2. The molecule has 8 nitrogen and oxygen atoms in total. The van der Waals surface area contributed by atoms with E-state index in [-0.39, 0.29) is 30.2 Å². The Kier molecular flexibility index (Phi) is 5.07. The van der Waals surface area contributed by atoms with Crippen LogP contribution in [0.3, 0.4) is 0 Å². The standard InChI is InChI=1S/C24H27N5O3/c1-15(22(31)26-19-9-8-16-5-2-3-6-17(16)19)29-14-12-24(11-10-20(29)30)27-21-18(23(32)28-24)7-4-13-25-21/h2-7,13,15,19H,8-12,14H2,1H3,(H,25,27)(H,26,31)(H,28,32). The van der Waals surface area contributed by atoms with Gasteiger partial charge in [0.15, 0.2) is 0 Å². The summed E-state index contributed by atoms with van der Waals surface area (Å²) in [5.74, 6) is 0.101. The lowest BCUT2D eigenvalue weighted by molar-refractivity contribution is -0.139. The molecule has 3 heterocycles. The molecule has 1 fully saturated rings. The van der Waals surface area contributed by atoms with Gasteiger partial charge in [-0.25, -0.2) is 4.98 Å². The molecule has 3 aliphatic rings. The highest BCUT2D eigenvalue weighted by molar-refractivity contribution is 6.01. The number of carbonyl (C=O) groups is 3. The summed E-state index contributed by atoms with van der Waals surface area (Å²) in [6.45, 7) is 2.14. The molecular weight excluding hydrogens is 406 g/mol. The number of fused-ring (bicyclic) bond motifs is 2. The number of nitrogens with one attached hydrogen (secondary N) is 3. The van der Waals surface area contributed by atoms with Crippen LogP contribution in [-0.4, -0.2) is 45.9 Å². The molecule has 1 aliphatic carbocycles. The Morgan fingerprint density at radius 3 is 2.88 bits per heavy atom. The minimum absolute atomic E-state index is 0.0172. The Morgan fingerprint density at radius 1 is 1.16 bits per heavy atom. The van der Waals surface area contributed by atoms with Crippen LogP contribution in [0.15, 0.2) is 42.6 Å². The van der Waals surface area contributed by atoms with E-state index in [2.05, 4.69) is 33.1 Å². The largest absolute Gasteiger partial charge is 0.347 e. The first-order chi connectivity index (χ1) is 15.5. The zero-order chi connectivity index (χ0) is 22.3. The van der Waals surface area contributed by atoms with Crippen molar-refractivity contribution in [1.82, 2.24) is 20.5 Å². The predicted molar refractivity (Wildman–Crippen MR) is 119 cm³/mol. The molecule has 2 aromatic rings. The highest BCUT2D eigenvalue weighted by Crippen LogP contribution is 2.32. The monoisotopic (exact) mass is 433 g/mol. The van der Waals surface area contributed by atoms with Crippen LogP contribution in [0, 0.1) is 0 Å². The number of pyridine rings is 1. The molecule has 3 atom stereocenters. The van der Waals surface area contributed by atoms with Gasteiger partial charge in [0.2, 0.25) is 11.8 Å². The summed E-state index contributed by atoms with van der Waals surface area (Å²) >= 11 is 0. The smallest absolute Gasteiger partial charge is 0.256 e. The Morgan fingerprint density at radius 2 is 2.00 bits per heavy atom. The number of hydrogen-bond acceptors (Lipinski definition) is 5. The Balaban J connectivity index is 1.28. The molecule has 32 heavy (non-hydrogen) atoms. The molecule has 0 saturated carbocycles. The fourth-order valence-electron chi connectivity index (χ4n) is 5.06. The van der Waals surface area contributed by atoms with E-state index in [0.29, 0.717) is 30.8 Å². The van der Waals surface area contributed by atoms with Crippen molar-refractivity contribution >= 4 is 23.5 Å². The van der Waals surface area contributed by atoms with Gasteiger partial charge in [0.1, 0.15) is 17.5 Å². The van der Waals surface area contributed by atoms with Gasteiger partial charge in [-0.1, -0.05) is 24.3 Å². The number of benzene rings is 1. The summed E-state index contributed by atoms with van der Waals surface area (Å²) in [6, 6.07) is 11.0. The molecule has 5 rings (SSSR count). The number of hydrogen-bond donors (Lipinski definition) is 3. The third-order valence-electron chi connectivity index (χ3n) is 6.92. The third kappa shape index (κ3) is 3.59. The summed E-state index contributed by atoms with van der Waals surface area (Å²) in [7, 11) is 0. The molecule has 3 N–H and O–H groups in total. The van der Waals surface area contributed by atoms with Gasteiger partial charge < -0.3 is 20.9 Å². The molecule has 2 aliphatic heterocycles. The van der Waals surface area contributed by atoms with E-state index in [1.54, 1.807) is 30.2 Å². The number of rotatable bonds is 3. The van der Waals surface area contributed by atoms with Gasteiger partial charge in [-0.2, -0.15) is 0 Å². The Hall–Kier alpha value is -3.42. The van der Waals surface area contributed by atoms with Gasteiger partial charge in [-0.3, -0.25) is 14.4 Å². The van der Waals surface area contributed by atoms with Crippen LogP contribution in [0.25, 0.3) is 0 Å². The lowest BCUT2D eigenvalue weighted by Crippen LogP contribution is -2.58. The summed E-state index contributed by atoms with van der Waals surface area (Å²) < 4.78 is 0. The van der Waals surface area contributed by atoms with Gasteiger partial charge in [0, 0.05) is 25.6 Å². The van der Waals surface area contributed by atoms with Crippen molar-refractivity contribution in [1.29, 1.82) is 0 Å². The first kappa shape index (κ1) is 20.5. The average Bonchev–Trinajstić information content (AvgIpc) is 3.13. The van der Waals surface area contributed by atoms with Crippen LogP contribution in [-0.2, 0) is 16.0 Å². The normalized spacial score (nSPS) is 25.3. The minimum Gasteiger partial charge on any atom is -0.347 e. The lowest BCUT2D eigenvalue weighted by atomic mass is 9.97. The fourth-order valence-corrected chi connectivity index (χ4v) is 5.06. The van der Waals surface area contributed by atoms with E-state index in [1.165, 1.54) is 5.56 Å². The Labute approximate surface area is 186 Å². The first-order valence-corrected chi connectivity index (χ1v) is 11.2. The maximum absolute atomic E-state index is 13.0. The van der Waals surface area contributed by atoms with E-state index in [0.717, 1.165) is 18.4 Å². The highest BCUT2D eigenvalue weighted by atomic mass is 16.2. The predicted octanol–water partition coefficient (Wildman–Crippen LogP) is 2.14. The van der Waals surface area contributed by atoms with Crippen molar-refractivity contribution in [2.24, 2.45) is 0 Å². The molecule has 3 amide bonds. The molecular formula is C24H27N5O3. The van der Waals surface area contributed by atoms with Crippen LogP contribution < -0.4 is 16.0 Å². The van der Waals surface area contributed by atoms with Crippen molar-refractivity contribution in [2.75, 3.05) is 11.9 Å². The summed E-state index contributed by atoms with van der Waals surface area (Å²) in [5.41, 5.74) is 2.18. The summed E-state index contributed by atoms with van der Waals surface area (Å²) in [6.07, 6.45) is 4.62. The highest BCUT2D eigenvalue weighted by Gasteiger charge is 2.42. The van der Waals surface area contributed by atoms with E-state index in [4.69, 9.17) is 0 Å². The number of carbonyl (C=O) groups excluding carboxylic acids is 3. The number of anilines is 1. The average molecular weight is 434 g/mol. The Bertz CT molecular complexity index is 1090. The van der Waals surface area contributed by atoms with Crippen molar-refractivity contribution in [3.63, 3.8) is 0 Å². The quantitative estimate of drug-likeness (QED) is 0.688. The zero-order valence-electron chi connectivity index (χ0n) is 18.1. The molecule has 166 valence electrons. The second kappa shape index (κ2) is 7.93. The number of amides is 3. The second-order valence-corrected chi connectivity index (χ2v) is 8.87. The minimum atomic E-state index is -0.747. The van der Waals surface area contributed by atoms with Crippen LogP contribution in [0.4, 0.5) is 5.82 Å². The number of aromatic nitrogens is 1.